The topological polar surface area (TPSA) is 114 Å². The van der Waals surface area contributed by atoms with Gasteiger partial charge >= 0.3 is 5.97 Å². The number of esters is 1. The third-order valence-corrected chi connectivity index (χ3v) is 14.0. The fraction of sp³-hybridized carbons (Fsp3) is 0.833. The second-order valence-electron chi connectivity index (χ2n) is 21.1. The lowest BCUT2D eigenvalue weighted by molar-refractivity contribution is -0.870. The van der Waals surface area contributed by atoms with E-state index in [0.717, 1.165) is 83.5 Å². The molecule has 0 saturated carbocycles. The molecular weight excluding hydrogens is 892 g/mol. The molecule has 0 aliphatic heterocycles. The molecule has 0 aromatic carbocycles. The molecule has 0 aromatic heterocycles. The number of phosphoric ester groups is 1. The molecule has 0 aliphatic rings. The van der Waals surface area contributed by atoms with Gasteiger partial charge in [-0.3, -0.25) is 14.2 Å². The minimum Gasteiger partial charge on any atom is -0.756 e. The molecule has 0 heterocycles. The summed E-state index contributed by atoms with van der Waals surface area (Å²) < 4.78 is 30.2. The molecule has 410 valence electrons. The second-order valence-corrected chi connectivity index (χ2v) is 22.5. The lowest BCUT2D eigenvalue weighted by atomic mass is 10.0. The second kappa shape index (κ2) is 50.5. The largest absolute Gasteiger partial charge is 0.756 e. The number of nitrogens with one attached hydrogen (secondary N) is 1. The van der Waals surface area contributed by atoms with E-state index in [1.165, 1.54) is 148 Å². The van der Waals surface area contributed by atoms with Crippen molar-refractivity contribution in [3.05, 3.63) is 48.6 Å². The Labute approximate surface area is 433 Å². The van der Waals surface area contributed by atoms with Crippen LogP contribution in [-0.2, 0) is 27.9 Å². The number of likely N-dealkylation sites (N-methyl/N-ethyl adjacent to an activating group) is 1. The molecule has 0 aromatic rings. The van der Waals surface area contributed by atoms with Crippen LogP contribution in [-0.4, -0.2) is 69.4 Å². The van der Waals surface area contributed by atoms with Crippen molar-refractivity contribution in [1.29, 1.82) is 0 Å². The number of unbranched alkanes of at least 4 members (excludes halogenated alkanes) is 31. The first-order valence-electron chi connectivity index (χ1n) is 29.4. The van der Waals surface area contributed by atoms with Gasteiger partial charge in [-0.15, -0.1) is 0 Å². The van der Waals surface area contributed by atoms with Crippen LogP contribution in [0.5, 0.6) is 0 Å². The number of rotatable bonds is 53. The Bertz CT molecular complexity index is 1340. The van der Waals surface area contributed by atoms with Gasteiger partial charge in [-0.25, -0.2) is 0 Å². The first kappa shape index (κ1) is 68.0. The van der Waals surface area contributed by atoms with Crippen LogP contribution in [0.1, 0.15) is 271 Å². The van der Waals surface area contributed by atoms with Gasteiger partial charge in [0.15, 0.2) is 0 Å². The summed E-state index contributed by atoms with van der Waals surface area (Å²) in [6.07, 6.45) is 60.7. The van der Waals surface area contributed by atoms with E-state index in [9.17, 15) is 19.0 Å². The standard InChI is InChI=1S/C60H113N2O7P/c1-7-10-13-16-19-22-25-28-30-31-32-34-37-40-43-46-49-52-59(63)61-57(56-68-70(65,66)67-55-54-62(4,5)6)58(51-48-45-42-39-36-33-27-24-21-18-15-12-9-3)69-60(64)53-50-47-44-41-38-35-29-26-23-20-17-14-11-8-2/h11,14,20,23,29,35,48,51,57-58H,7-10,12-13,15-19,21-22,24-28,30-34,36-47,49-50,52-56H2,1-6H3,(H-,61,63,65,66)/b14-11+,23-20+,35-29+,51-48+. The first-order valence-corrected chi connectivity index (χ1v) is 30.9. The SMILES string of the molecule is CC/C=C/C/C=C/C/C=C/CCCCCCC(=O)OC(/C=C/CCCCCCCCCCCCC)C(COP(=O)([O-])OCC[N+](C)(C)C)NC(=O)CCCCCCCCCCCCCCCCCCC. The van der Waals surface area contributed by atoms with Gasteiger partial charge in [0.05, 0.1) is 33.8 Å². The summed E-state index contributed by atoms with van der Waals surface area (Å²) in [5.74, 6) is -0.558. The monoisotopic (exact) mass is 1000 g/mol. The minimum absolute atomic E-state index is 0.0251. The Morgan fingerprint density at radius 2 is 0.914 bits per heavy atom. The number of phosphoric acid groups is 1. The quantitative estimate of drug-likeness (QED) is 0.0212. The zero-order valence-corrected chi connectivity index (χ0v) is 47.6. The Morgan fingerprint density at radius 3 is 1.37 bits per heavy atom. The molecule has 0 aliphatic carbocycles. The molecular formula is C60H113N2O7P. The van der Waals surface area contributed by atoms with E-state index >= 15 is 0 Å². The Morgan fingerprint density at radius 1 is 0.514 bits per heavy atom. The van der Waals surface area contributed by atoms with Crippen LogP contribution in [0.2, 0.25) is 0 Å². The summed E-state index contributed by atoms with van der Waals surface area (Å²) in [4.78, 5) is 39.9. The van der Waals surface area contributed by atoms with Crippen LogP contribution < -0.4 is 10.2 Å². The van der Waals surface area contributed by atoms with Crippen molar-refractivity contribution in [2.45, 2.75) is 283 Å². The summed E-state index contributed by atoms with van der Waals surface area (Å²) >= 11 is 0. The summed E-state index contributed by atoms with van der Waals surface area (Å²) in [5.41, 5.74) is 0. The van der Waals surface area contributed by atoms with Crippen molar-refractivity contribution < 1.29 is 37.3 Å². The minimum atomic E-state index is -4.70. The summed E-state index contributed by atoms with van der Waals surface area (Å²) in [7, 11) is 1.18. The van der Waals surface area contributed by atoms with E-state index in [0.29, 0.717) is 23.9 Å². The predicted octanol–water partition coefficient (Wildman–Crippen LogP) is 17.1. The highest BCUT2D eigenvalue weighted by Crippen LogP contribution is 2.38. The molecule has 0 radical (unpaired) electrons. The van der Waals surface area contributed by atoms with Crippen LogP contribution in [0, 0.1) is 0 Å². The van der Waals surface area contributed by atoms with Crippen molar-refractivity contribution in [3.8, 4) is 0 Å². The summed E-state index contributed by atoms with van der Waals surface area (Å²) in [6.45, 7) is 6.73. The van der Waals surface area contributed by atoms with E-state index in [1.807, 2.05) is 33.3 Å². The number of allylic oxidation sites excluding steroid dienone is 7. The maximum Gasteiger partial charge on any atom is 0.306 e. The maximum atomic E-state index is 13.5. The third kappa shape index (κ3) is 50.9. The van der Waals surface area contributed by atoms with Crippen molar-refractivity contribution >= 4 is 19.7 Å². The fourth-order valence-corrected chi connectivity index (χ4v) is 9.20. The number of hydrogen-bond acceptors (Lipinski definition) is 7. The van der Waals surface area contributed by atoms with Crippen molar-refractivity contribution in [2.75, 3.05) is 40.9 Å². The molecule has 0 rings (SSSR count). The van der Waals surface area contributed by atoms with Gasteiger partial charge in [0.25, 0.3) is 7.82 Å². The fourth-order valence-electron chi connectivity index (χ4n) is 8.48. The number of carbonyl (C=O) groups is 2. The number of amides is 1. The van der Waals surface area contributed by atoms with Crippen molar-refractivity contribution in [1.82, 2.24) is 5.32 Å². The Balaban J connectivity index is 5.35. The Kier molecular flexibility index (Phi) is 49.0. The number of carbonyl (C=O) groups excluding carboxylic acids is 2. The predicted molar refractivity (Wildman–Crippen MR) is 298 cm³/mol. The molecule has 70 heavy (non-hydrogen) atoms. The highest BCUT2D eigenvalue weighted by Gasteiger charge is 2.27. The van der Waals surface area contributed by atoms with Crippen molar-refractivity contribution in [3.63, 3.8) is 0 Å². The van der Waals surface area contributed by atoms with Crippen LogP contribution in [0.4, 0.5) is 0 Å². The van der Waals surface area contributed by atoms with Gasteiger partial charge < -0.3 is 28.5 Å². The van der Waals surface area contributed by atoms with Gasteiger partial charge in [-0.2, -0.15) is 0 Å². The van der Waals surface area contributed by atoms with Crippen LogP contribution in [0.15, 0.2) is 48.6 Å². The highest BCUT2D eigenvalue weighted by atomic mass is 31.2. The normalized spacial score (nSPS) is 14.1. The molecule has 10 heteroatoms. The van der Waals surface area contributed by atoms with Gasteiger partial charge in [0, 0.05) is 12.8 Å². The molecule has 0 spiro atoms. The molecule has 3 unspecified atom stereocenters. The lowest BCUT2D eigenvalue weighted by Crippen LogP contribution is -2.47. The van der Waals surface area contributed by atoms with Gasteiger partial charge in [0.1, 0.15) is 19.3 Å². The zero-order valence-electron chi connectivity index (χ0n) is 46.7. The van der Waals surface area contributed by atoms with Crippen LogP contribution in [0.25, 0.3) is 0 Å². The number of hydrogen-bond donors (Lipinski definition) is 1. The molecule has 0 saturated heterocycles. The number of ether oxygens (including phenoxy) is 1. The molecule has 1 N–H and O–H groups in total. The molecule has 0 bridgehead atoms. The third-order valence-electron chi connectivity index (χ3n) is 13.0. The van der Waals surface area contributed by atoms with E-state index in [-0.39, 0.29) is 24.9 Å². The average molecular weight is 1010 g/mol. The number of nitrogens with zero attached hydrogens (tertiary/aromatic N) is 1. The number of quaternary nitrogens is 1. The van der Waals surface area contributed by atoms with Crippen LogP contribution >= 0.6 is 7.82 Å². The van der Waals surface area contributed by atoms with Gasteiger partial charge in [-0.05, 0) is 63.9 Å². The van der Waals surface area contributed by atoms with E-state index in [4.69, 9.17) is 13.8 Å². The smallest absolute Gasteiger partial charge is 0.306 e. The van der Waals surface area contributed by atoms with Gasteiger partial charge in [0.2, 0.25) is 5.91 Å². The maximum absolute atomic E-state index is 13.5. The highest BCUT2D eigenvalue weighted by molar-refractivity contribution is 7.45. The van der Waals surface area contributed by atoms with E-state index in [1.54, 1.807) is 0 Å². The Hall–Kier alpha value is -2.03. The van der Waals surface area contributed by atoms with Crippen LogP contribution in [0.3, 0.4) is 0 Å². The zero-order chi connectivity index (χ0) is 51.5. The van der Waals surface area contributed by atoms with Crippen molar-refractivity contribution in [2.24, 2.45) is 0 Å². The van der Waals surface area contributed by atoms with E-state index < -0.39 is 26.6 Å². The summed E-state index contributed by atoms with van der Waals surface area (Å²) in [6, 6.07) is -0.894. The molecule has 9 nitrogen and oxygen atoms in total. The molecule has 0 fully saturated rings. The average Bonchev–Trinajstić information content (AvgIpc) is 3.32. The van der Waals surface area contributed by atoms with Gasteiger partial charge in [-0.1, -0.05) is 243 Å². The lowest BCUT2D eigenvalue weighted by Gasteiger charge is -2.30. The molecule has 3 atom stereocenters. The first-order chi connectivity index (χ1) is 33.9. The molecule has 1 amide bonds. The summed E-state index contributed by atoms with van der Waals surface area (Å²) in [5, 5.41) is 3.02. The van der Waals surface area contributed by atoms with E-state index in [2.05, 4.69) is 62.5 Å².